The minimum Gasteiger partial charge on any atom is -0.352 e. The molecular formula is C13H16F4N2O. The minimum atomic E-state index is -4.33. The van der Waals surface area contributed by atoms with Gasteiger partial charge >= 0.3 is 6.18 Å². The van der Waals surface area contributed by atoms with Crippen LogP contribution in [-0.2, 0) is 11.2 Å². The number of carbonyl (C=O) groups excluding carboxylic acids is 1. The van der Waals surface area contributed by atoms with Crippen molar-refractivity contribution < 1.29 is 22.4 Å². The van der Waals surface area contributed by atoms with Crippen molar-refractivity contribution in [3.8, 4) is 0 Å². The largest absolute Gasteiger partial charge is 0.401 e. The van der Waals surface area contributed by atoms with Gasteiger partial charge in [-0.05, 0) is 31.0 Å². The molecule has 0 heterocycles. The first-order valence-corrected chi connectivity index (χ1v) is 6.07. The van der Waals surface area contributed by atoms with E-state index in [1.807, 2.05) is 5.32 Å². The number of hydrogen-bond donors (Lipinski definition) is 2. The predicted octanol–water partition coefficient (Wildman–Crippen LogP) is 2.02. The molecule has 1 atom stereocenters. The molecule has 0 aliphatic carbocycles. The molecule has 112 valence electrons. The maximum absolute atomic E-state index is 12.7. The molecule has 3 nitrogen and oxygen atoms in total. The van der Waals surface area contributed by atoms with E-state index in [0.29, 0.717) is 6.42 Å². The number of amides is 1. The van der Waals surface area contributed by atoms with Crippen LogP contribution in [0.3, 0.4) is 0 Å². The van der Waals surface area contributed by atoms with Gasteiger partial charge in [-0.25, -0.2) is 4.39 Å². The number of alkyl halides is 3. The summed E-state index contributed by atoms with van der Waals surface area (Å²) in [5.74, 6) is -0.856. The molecule has 7 heteroatoms. The van der Waals surface area contributed by atoms with E-state index in [4.69, 9.17) is 0 Å². The molecule has 0 bridgehead atoms. The van der Waals surface area contributed by atoms with Crippen molar-refractivity contribution in [1.82, 2.24) is 10.6 Å². The molecule has 0 aromatic heterocycles. The highest BCUT2D eigenvalue weighted by molar-refractivity contribution is 5.78. The summed E-state index contributed by atoms with van der Waals surface area (Å²) >= 11 is 0. The molecule has 1 amide bonds. The second kappa shape index (κ2) is 7.23. The van der Waals surface area contributed by atoms with Gasteiger partial charge in [-0.3, -0.25) is 4.79 Å². The molecule has 0 spiro atoms. The van der Waals surface area contributed by atoms with E-state index >= 15 is 0 Å². The van der Waals surface area contributed by atoms with Crippen LogP contribution in [0.1, 0.15) is 12.5 Å². The molecule has 1 unspecified atom stereocenters. The van der Waals surface area contributed by atoms with Gasteiger partial charge in [0.25, 0.3) is 0 Å². The normalized spacial score (nSPS) is 13.1. The van der Waals surface area contributed by atoms with E-state index < -0.39 is 25.2 Å². The van der Waals surface area contributed by atoms with Crippen LogP contribution < -0.4 is 10.6 Å². The zero-order valence-corrected chi connectivity index (χ0v) is 10.9. The monoisotopic (exact) mass is 292 g/mol. The van der Waals surface area contributed by atoms with E-state index in [1.54, 1.807) is 19.1 Å². The Bertz CT molecular complexity index is 431. The molecule has 0 saturated heterocycles. The quantitative estimate of drug-likeness (QED) is 0.788. The summed E-state index contributed by atoms with van der Waals surface area (Å²) in [7, 11) is 0. The number of nitrogens with one attached hydrogen (secondary N) is 2. The second-order valence-corrected chi connectivity index (χ2v) is 4.52. The summed E-state index contributed by atoms with van der Waals surface area (Å²) in [6.45, 7) is 0.130. The standard InChI is InChI=1S/C13H16F4N2O/c1-9(6-10-2-4-11(14)5-3-10)19-12(20)7-18-8-13(15,16)17/h2-5,9,18H,6-8H2,1H3,(H,19,20). The van der Waals surface area contributed by atoms with Crippen molar-refractivity contribution in [3.05, 3.63) is 35.6 Å². The lowest BCUT2D eigenvalue weighted by Crippen LogP contribution is -2.42. The van der Waals surface area contributed by atoms with Gasteiger partial charge < -0.3 is 10.6 Å². The number of rotatable bonds is 6. The lowest BCUT2D eigenvalue weighted by Gasteiger charge is -2.14. The molecule has 1 aromatic rings. The third-order valence-corrected chi connectivity index (χ3v) is 2.47. The fourth-order valence-corrected chi connectivity index (χ4v) is 1.67. The highest BCUT2D eigenvalue weighted by atomic mass is 19.4. The molecule has 1 rings (SSSR count). The summed E-state index contributed by atoms with van der Waals surface area (Å²) in [5, 5.41) is 4.58. The van der Waals surface area contributed by atoms with Crippen LogP contribution in [0.5, 0.6) is 0 Å². The van der Waals surface area contributed by atoms with Crippen LogP contribution in [0.25, 0.3) is 0 Å². The fourth-order valence-electron chi connectivity index (χ4n) is 1.67. The lowest BCUT2D eigenvalue weighted by atomic mass is 10.1. The van der Waals surface area contributed by atoms with Gasteiger partial charge in [0, 0.05) is 6.04 Å². The van der Waals surface area contributed by atoms with Crippen LogP contribution in [-0.4, -0.2) is 31.2 Å². The van der Waals surface area contributed by atoms with E-state index in [0.717, 1.165) is 5.56 Å². The summed E-state index contributed by atoms with van der Waals surface area (Å²) in [6, 6.07) is 5.57. The van der Waals surface area contributed by atoms with Crippen molar-refractivity contribution in [2.75, 3.05) is 13.1 Å². The smallest absolute Gasteiger partial charge is 0.352 e. The summed E-state index contributed by atoms with van der Waals surface area (Å²) in [4.78, 5) is 11.4. The Kier molecular flexibility index (Phi) is 5.94. The minimum absolute atomic E-state index is 0.249. The summed E-state index contributed by atoms with van der Waals surface area (Å²) < 4.78 is 48.3. The Hall–Kier alpha value is -1.63. The first kappa shape index (κ1) is 16.4. The summed E-state index contributed by atoms with van der Waals surface area (Å²) in [6.07, 6.45) is -3.86. The fraction of sp³-hybridized carbons (Fsp3) is 0.462. The van der Waals surface area contributed by atoms with Gasteiger partial charge in [-0.15, -0.1) is 0 Å². The van der Waals surface area contributed by atoms with Crippen molar-refractivity contribution in [2.24, 2.45) is 0 Å². The average molecular weight is 292 g/mol. The SMILES string of the molecule is CC(Cc1ccc(F)cc1)NC(=O)CNCC(F)(F)F. The van der Waals surface area contributed by atoms with Crippen LogP contribution >= 0.6 is 0 Å². The molecule has 0 radical (unpaired) electrons. The van der Waals surface area contributed by atoms with E-state index in [-0.39, 0.29) is 11.9 Å². The molecule has 0 saturated carbocycles. The van der Waals surface area contributed by atoms with Crippen molar-refractivity contribution in [3.63, 3.8) is 0 Å². The second-order valence-electron chi connectivity index (χ2n) is 4.52. The Balaban J connectivity index is 2.29. The zero-order valence-electron chi connectivity index (χ0n) is 10.9. The summed E-state index contributed by atoms with van der Waals surface area (Å²) in [5.41, 5.74) is 0.836. The number of carbonyl (C=O) groups is 1. The van der Waals surface area contributed by atoms with Gasteiger partial charge in [0.05, 0.1) is 13.1 Å². The van der Waals surface area contributed by atoms with Crippen LogP contribution in [0.15, 0.2) is 24.3 Å². The van der Waals surface area contributed by atoms with Gasteiger partial charge in [0.2, 0.25) is 5.91 Å². The van der Waals surface area contributed by atoms with E-state index in [9.17, 15) is 22.4 Å². The van der Waals surface area contributed by atoms with E-state index in [1.165, 1.54) is 12.1 Å². The first-order valence-electron chi connectivity index (χ1n) is 6.07. The van der Waals surface area contributed by atoms with Crippen LogP contribution in [0, 0.1) is 5.82 Å². The maximum Gasteiger partial charge on any atom is 0.401 e. The van der Waals surface area contributed by atoms with Gasteiger partial charge in [-0.1, -0.05) is 12.1 Å². The number of hydrogen-bond acceptors (Lipinski definition) is 2. The molecule has 1 aromatic carbocycles. The highest BCUT2D eigenvalue weighted by Crippen LogP contribution is 2.11. The van der Waals surface area contributed by atoms with Gasteiger partial charge in [0.1, 0.15) is 5.82 Å². The molecule has 2 N–H and O–H groups in total. The Morgan fingerprint density at radius 1 is 1.25 bits per heavy atom. The molecular weight excluding hydrogens is 276 g/mol. The van der Waals surface area contributed by atoms with Crippen molar-refractivity contribution in [2.45, 2.75) is 25.6 Å². The lowest BCUT2D eigenvalue weighted by molar-refractivity contribution is -0.128. The van der Waals surface area contributed by atoms with E-state index in [2.05, 4.69) is 5.32 Å². The van der Waals surface area contributed by atoms with Crippen molar-refractivity contribution in [1.29, 1.82) is 0 Å². The Morgan fingerprint density at radius 3 is 2.40 bits per heavy atom. The van der Waals surface area contributed by atoms with Crippen molar-refractivity contribution >= 4 is 5.91 Å². The Labute approximate surface area is 114 Å². The van der Waals surface area contributed by atoms with Gasteiger partial charge in [0.15, 0.2) is 0 Å². The Morgan fingerprint density at radius 2 is 1.85 bits per heavy atom. The van der Waals surface area contributed by atoms with Crippen LogP contribution in [0.4, 0.5) is 17.6 Å². The number of halogens is 4. The number of benzene rings is 1. The highest BCUT2D eigenvalue weighted by Gasteiger charge is 2.26. The molecule has 0 aliphatic rings. The topological polar surface area (TPSA) is 41.1 Å². The molecule has 0 aliphatic heterocycles. The third kappa shape index (κ3) is 7.08. The molecule has 0 fully saturated rings. The van der Waals surface area contributed by atoms with Crippen LogP contribution in [0.2, 0.25) is 0 Å². The maximum atomic E-state index is 12.7. The average Bonchev–Trinajstić information content (AvgIpc) is 2.30. The predicted molar refractivity (Wildman–Crippen MR) is 66.6 cm³/mol. The third-order valence-electron chi connectivity index (χ3n) is 2.47. The zero-order chi connectivity index (χ0) is 15.2. The first-order chi connectivity index (χ1) is 9.26. The molecule has 20 heavy (non-hydrogen) atoms. The van der Waals surface area contributed by atoms with Gasteiger partial charge in [-0.2, -0.15) is 13.2 Å².